The molecule has 1 aliphatic rings. The first-order chi connectivity index (χ1) is 18.9. The van der Waals surface area contributed by atoms with Crippen LogP contribution in [0.2, 0.25) is 0 Å². The fourth-order valence-corrected chi connectivity index (χ4v) is 6.29. The zero-order valence-corrected chi connectivity index (χ0v) is 21.6. The van der Waals surface area contributed by atoms with Crippen LogP contribution in [0.4, 0.5) is 0 Å². The fraction of sp³-hybridized carbons (Fsp3) is 0.269. The number of fused-ring (bicyclic) bond motifs is 1. The number of aryl methyl sites for hydroxylation is 2. The number of hydrogen-bond acceptors (Lipinski definition) is 9. The molecule has 0 aliphatic heterocycles. The van der Waals surface area contributed by atoms with Gasteiger partial charge in [-0.05, 0) is 50.3 Å². The molecular weight excluding hydrogens is 520 g/mol. The van der Waals surface area contributed by atoms with Gasteiger partial charge in [0.1, 0.15) is 6.33 Å². The highest BCUT2D eigenvalue weighted by Gasteiger charge is 2.37. The summed E-state index contributed by atoms with van der Waals surface area (Å²) in [6, 6.07) is 10.3. The van der Waals surface area contributed by atoms with Gasteiger partial charge >= 0.3 is 5.97 Å². The summed E-state index contributed by atoms with van der Waals surface area (Å²) < 4.78 is 30.7. The zero-order valence-electron chi connectivity index (χ0n) is 20.8. The lowest BCUT2D eigenvalue weighted by Crippen LogP contribution is -2.16. The summed E-state index contributed by atoms with van der Waals surface area (Å²) >= 11 is 0. The van der Waals surface area contributed by atoms with Crippen LogP contribution in [0.1, 0.15) is 53.5 Å². The second kappa shape index (κ2) is 9.98. The predicted octanol–water partition coefficient (Wildman–Crippen LogP) is 3.32. The van der Waals surface area contributed by atoms with Crippen molar-refractivity contribution in [2.45, 2.75) is 49.5 Å². The van der Waals surface area contributed by atoms with E-state index in [4.69, 9.17) is 5.11 Å². The summed E-state index contributed by atoms with van der Waals surface area (Å²) in [6.45, 7) is 0.514. The maximum atomic E-state index is 13.9. The summed E-state index contributed by atoms with van der Waals surface area (Å²) in [5.74, 6) is -1.04. The van der Waals surface area contributed by atoms with Crippen molar-refractivity contribution in [2.75, 3.05) is 0 Å². The first-order valence-electron chi connectivity index (χ1n) is 12.5. The number of benzene rings is 1. The van der Waals surface area contributed by atoms with Gasteiger partial charge in [-0.2, -0.15) is 5.10 Å². The molecular formula is C26H24N8O4S. The Bertz CT molecular complexity index is 1760. The van der Waals surface area contributed by atoms with E-state index in [0.29, 0.717) is 24.0 Å². The topological polar surface area (TPSA) is 159 Å². The van der Waals surface area contributed by atoms with Crippen LogP contribution in [0.5, 0.6) is 0 Å². The number of hydrogen-bond donors (Lipinski definition) is 1. The van der Waals surface area contributed by atoms with Crippen LogP contribution in [0, 0.1) is 0 Å². The molecule has 0 atom stereocenters. The van der Waals surface area contributed by atoms with Gasteiger partial charge < -0.3 is 5.11 Å². The monoisotopic (exact) mass is 544 g/mol. The summed E-state index contributed by atoms with van der Waals surface area (Å²) in [5.41, 5.74) is 3.10. The molecule has 0 amide bonds. The second-order valence-electron chi connectivity index (χ2n) is 9.45. The number of carbonyl (C=O) groups is 1. The fourth-order valence-electron chi connectivity index (χ4n) is 4.72. The molecule has 0 bridgehead atoms. The molecule has 39 heavy (non-hydrogen) atoms. The molecule has 0 saturated heterocycles. The molecule has 12 nitrogen and oxygen atoms in total. The minimum Gasteiger partial charge on any atom is -0.476 e. The van der Waals surface area contributed by atoms with Crippen molar-refractivity contribution in [2.24, 2.45) is 0 Å². The average molecular weight is 545 g/mol. The van der Waals surface area contributed by atoms with Crippen LogP contribution in [-0.4, -0.2) is 58.6 Å². The third-order valence-electron chi connectivity index (χ3n) is 6.68. The minimum absolute atomic E-state index is 0.0784. The number of carboxylic acids is 1. The predicted molar refractivity (Wildman–Crippen MR) is 139 cm³/mol. The number of aromatic nitrogens is 8. The second-order valence-corrected chi connectivity index (χ2v) is 11.2. The van der Waals surface area contributed by atoms with E-state index >= 15 is 0 Å². The van der Waals surface area contributed by atoms with Crippen LogP contribution in [0.15, 0.2) is 66.2 Å². The van der Waals surface area contributed by atoms with Crippen molar-refractivity contribution in [3.05, 3.63) is 78.4 Å². The highest BCUT2D eigenvalue weighted by molar-refractivity contribution is 7.90. The molecule has 0 spiro atoms. The third kappa shape index (κ3) is 4.76. The molecule has 4 heterocycles. The van der Waals surface area contributed by atoms with Gasteiger partial charge in [0.05, 0.1) is 16.8 Å². The van der Waals surface area contributed by atoms with Crippen molar-refractivity contribution >= 4 is 27.0 Å². The van der Waals surface area contributed by atoms with Gasteiger partial charge in [0, 0.05) is 47.1 Å². The van der Waals surface area contributed by atoms with Crippen molar-refractivity contribution in [3.63, 3.8) is 0 Å². The van der Waals surface area contributed by atoms with Gasteiger partial charge in [-0.3, -0.25) is 4.68 Å². The van der Waals surface area contributed by atoms with Crippen molar-refractivity contribution in [1.82, 2.24) is 39.1 Å². The number of carboxylic acid groups (broad SMARTS) is 1. The van der Waals surface area contributed by atoms with Gasteiger partial charge in [0.15, 0.2) is 11.3 Å². The molecule has 1 aromatic carbocycles. The number of nitrogens with zero attached hydrogens (tertiary/aromatic N) is 8. The van der Waals surface area contributed by atoms with E-state index in [1.165, 1.54) is 21.2 Å². The van der Waals surface area contributed by atoms with Crippen LogP contribution in [0.3, 0.4) is 0 Å². The van der Waals surface area contributed by atoms with Gasteiger partial charge in [-0.1, -0.05) is 23.4 Å². The lowest BCUT2D eigenvalue weighted by atomic mass is 10.0. The first-order valence-corrected chi connectivity index (χ1v) is 14.0. The van der Waals surface area contributed by atoms with E-state index in [1.54, 1.807) is 42.7 Å². The highest BCUT2D eigenvalue weighted by atomic mass is 32.2. The van der Waals surface area contributed by atoms with E-state index < -0.39 is 16.0 Å². The molecule has 0 unspecified atom stereocenters. The molecule has 0 radical (unpaired) electrons. The Labute approximate surface area is 223 Å². The van der Waals surface area contributed by atoms with E-state index in [2.05, 4.69) is 30.5 Å². The van der Waals surface area contributed by atoms with Crippen LogP contribution in [-0.2, 0) is 23.0 Å². The third-order valence-corrected chi connectivity index (χ3v) is 8.40. The Kier molecular flexibility index (Phi) is 6.35. The summed E-state index contributed by atoms with van der Waals surface area (Å²) in [6.07, 6.45) is 10.1. The Morgan fingerprint density at radius 3 is 2.49 bits per heavy atom. The standard InChI is InChI=1S/C26H24N8O4S/c35-26(36)22-15-33(32-30-22)11-5-4-6-19-12-21-23(18-13-27-16-28-14-18)24(17-9-10-17)34(25(21)31-29-19)39(37,38)20-7-2-1-3-8-20/h1-3,7-8,12-17H,4-6,9-11H2,(H,35,36). The number of unbranched alkanes of at least 4 members (excludes halogenated alkanes) is 1. The molecule has 1 saturated carbocycles. The van der Waals surface area contributed by atoms with Crippen LogP contribution < -0.4 is 0 Å². The largest absolute Gasteiger partial charge is 0.476 e. The van der Waals surface area contributed by atoms with Gasteiger partial charge in [0.2, 0.25) is 0 Å². The minimum atomic E-state index is -3.94. The van der Waals surface area contributed by atoms with E-state index in [1.807, 2.05) is 6.07 Å². The lowest BCUT2D eigenvalue weighted by Gasteiger charge is -2.12. The average Bonchev–Trinajstić information content (AvgIpc) is 3.57. The Hall–Kier alpha value is -4.52. The Morgan fingerprint density at radius 1 is 1.03 bits per heavy atom. The van der Waals surface area contributed by atoms with Gasteiger partial charge in [-0.15, -0.1) is 10.2 Å². The first kappa shape index (κ1) is 24.8. The molecule has 6 rings (SSSR count). The highest BCUT2D eigenvalue weighted by Crippen LogP contribution is 2.49. The van der Waals surface area contributed by atoms with E-state index in [0.717, 1.165) is 42.5 Å². The summed E-state index contributed by atoms with van der Waals surface area (Å²) in [7, 11) is -3.94. The quantitative estimate of drug-likeness (QED) is 0.258. The Morgan fingerprint density at radius 2 is 1.79 bits per heavy atom. The molecule has 198 valence electrons. The molecule has 4 aromatic heterocycles. The zero-order chi connectivity index (χ0) is 27.0. The molecule has 13 heteroatoms. The van der Waals surface area contributed by atoms with E-state index in [9.17, 15) is 13.2 Å². The van der Waals surface area contributed by atoms with E-state index in [-0.39, 0.29) is 22.2 Å². The number of aromatic carboxylic acids is 1. The molecule has 1 fully saturated rings. The smallest absolute Gasteiger partial charge is 0.358 e. The lowest BCUT2D eigenvalue weighted by molar-refractivity contribution is 0.0690. The molecule has 1 N–H and O–H groups in total. The van der Waals surface area contributed by atoms with Crippen molar-refractivity contribution in [1.29, 1.82) is 0 Å². The molecule has 1 aliphatic carbocycles. The van der Waals surface area contributed by atoms with Gasteiger partial charge in [-0.25, -0.2) is 27.2 Å². The van der Waals surface area contributed by atoms with Crippen molar-refractivity contribution in [3.8, 4) is 11.1 Å². The van der Waals surface area contributed by atoms with Crippen molar-refractivity contribution < 1.29 is 18.3 Å². The Balaban J connectivity index is 1.38. The maximum absolute atomic E-state index is 13.9. The van der Waals surface area contributed by atoms with Gasteiger partial charge in [0.25, 0.3) is 10.0 Å². The van der Waals surface area contributed by atoms with Crippen LogP contribution >= 0.6 is 0 Å². The SMILES string of the molecule is O=C(O)c1cn(CCCCc2cc3c(-c4cncnc4)c(C4CC4)n(S(=O)(=O)c4ccccc4)c3nn2)nn1. The summed E-state index contributed by atoms with van der Waals surface area (Å²) in [5, 5.41) is 26.0. The normalized spacial score (nSPS) is 13.6. The summed E-state index contributed by atoms with van der Waals surface area (Å²) in [4.78, 5) is 19.6. The maximum Gasteiger partial charge on any atom is 0.358 e. The number of rotatable bonds is 10. The van der Waals surface area contributed by atoms with Crippen LogP contribution in [0.25, 0.3) is 22.2 Å². The molecule has 5 aromatic rings.